The van der Waals surface area contributed by atoms with Gasteiger partial charge in [0.15, 0.2) is 5.69 Å². The van der Waals surface area contributed by atoms with E-state index in [1.165, 1.54) is 12.5 Å². The second-order valence-electron chi connectivity index (χ2n) is 3.92. The van der Waals surface area contributed by atoms with Crippen molar-refractivity contribution in [1.82, 2.24) is 19.3 Å². The van der Waals surface area contributed by atoms with Crippen LogP contribution in [0.5, 0.6) is 0 Å². The second kappa shape index (κ2) is 4.93. The van der Waals surface area contributed by atoms with E-state index in [0.29, 0.717) is 6.54 Å². The summed E-state index contributed by atoms with van der Waals surface area (Å²) < 4.78 is 4.49. The number of hydrogen-bond acceptors (Lipinski definition) is 3. The molecule has 0 saturated heterocycles. The molecule has 0 aliphatic carbocycles. The van der Waals surface area contributed by atoms with E-state index in [4.69, 9.17) is 5.11 Å². The summed E-state index contributed by atoms with van der Waals surface area (Å²) in [5.41, 5.74) is 2.02. The van der Waals surface area contributed by atoms with Crippen molar-refractivity contribution >= 4 is 21.9 Å². The van der Waals surface area contributed by atoms with Gasteiger partial charge in [-0.15, -0.1) is 0 Å². The van der Waals surface area contributed by atoms with Gasteiger partial charge in [0, 0.05) is 13.2 Å². The van der Waals surface area contributed by atoms with Gasteiger partial charge in [0.05, 0.1) is 28.7 Å². The molecule has 2 heterocycles. The van der Waals surface area contributed by atoms with Crippen molar-refractivity contribution in [3.05, 3.63) is 34.1 Å². The molecule has 2 aromatic heterocycles. The van der Waals surface area contributed by atoms with Gasteiger partial charge in [-0.3, -0.25) is 4.68 Å². The Labute approximate surface area is 112 Å². The van der Waals surface area contributed by atoms with Crippen LogP contribution >= 0.6 is 15.9 Å². The summed E-state index contributed by atoms with van der Waals surface area (Å²) in [5, 5.41) is 13.2. The maximum atomic E-state index is 10.7. The summed E-state index contributed by atoms with van der Waals surface area (Å²) in [4.78, 5) is 14.6. The highest BCUT2D eigenvalue weighted by Gasteiger charge is 2.14. The molecule has 6 nitrogen and oxygen atoms in total. The van der Waals surface area contributed by atoms with E-state index in [2.05, 4.69) is 26.0 Å². The van der Waals surface area contributed by atoms with E-state index in [1.54, 1.807) is 9.25 Å². The Kier molecular flexibility index (Phi) is 3.51. The molecule has 18 heavy (non-hydrogen) atoms. The van der Waals surface area contributed by atoms with Crippen LogP contribution in [0, 0.1) is 0 Å². The minimum absolute atomic E-state index is 0.0454. The fourth-order valence-corrected chi connectivity index (χ4v) is 2.46. The van der Waals surface area contributed by atoms with E-state index in [0.717, 1.165) is 22.3 Å². The first-order valence-electron chi connectivity index (χ1n) is 5.48. The number of imidazole rings is 1. The van der Waals surface area contributed by atoms with E-state index in [1.807, 2.05) is 14.0 Å². The third kappa shape index (κ3) is 2.31. The number of aryl methyl sites for hydroxylation is 2. The zero-order valence-corrected chi connectivity index (χ0v) is 11.7. The lowest BCUT2D eigenvalue weighted by molar-refractivity contribution is 0.0691. The first-order chi connectivity index (χ1) is 8.52. The van der Waals surface area contributed by atoms with Crippen molar-refractivity contribution in [2.75, 3.05) is 0 Å². The molecule has 0 atom stereocenters. The van der Waals surface area contributed by atoms with Crippen molar-refractivity contribution < 1.29 is 9.90 Å². The first kappa shape index (κ1) is 12.8. The van der Waals surface area contributed by atoms with Gasteiger partial charge in [-0.2, -0.15) is 5.10 Å². The molecule has 0 aliphatic heterocycles. The normalized spacial score (nSPS) is 10.8. The average molecular weight is 313 g/mol. The minimum atomic E-state index is -1.02. The molecule has 0 aromatic carbocycles. The zero-order chi connectivity index (χ0) is 13.3. The Morgan fingerprint density at radius 3 is 2.78 bits per heavy atom. The number of aromatic nitrogens is 4. The Bertz CT molecular complexity index is 588. The zero-order valence-electron chi connectivity index (χ0n) is 10.1. The van der Waals surface area contributed by atoms with Gasteiger partial charge in [-0.05, 0) is 22.4 Å². The van der Waals surface area contributed by atoms with Crippen LogP contribution in [0.4, 0.5) is 0 Å². The molecular weight excluding hydrogens is 300 g/mol. The Morgan fingerprint density at radius 2 is 2.28 bits per heavy atom. The molecule has 0 radical (unpaired) electrons. The number of carboxylic acid groups (broad SMARTS) is 1. The maximum Gasteiger partial charge on any atom is 0.356 e. The monoisotopic (exact) mass is 312 g/mol. The van der Waals surface area contributed by atoms with Crippen molar-refractivity contribution in [3.8, 4) is 0 Å². The molecule has 0 saturated carbocycles. The fourth-order valence-electron chi connectivity index (χ4n) is 1.72. The lowest BCUT2D eigenvalue weighted by Gasteiger charge is -2.03. The Morgan fingerprint density at radius 1 is 1.56 bits per heavy atom. The largest absolute Gasteiger partial charge is 0.476 e. The van der Waals surface area contributed by atoms with Crippen molar-refractivity contribution in [1.29, 1.82) is 0 Å². The van der Waals surface area contributed by atoms with Crippen LogP contribution in [0.2, 0.25) is 0 Å². The summed E-state index contributed by atoms with van der Waals surface area (Å²) >= 11 is 3.52. The quantitative estimate of drug-likeness (QED) is 0.932. The highest BCUT2D eigenvalue weighted by atomic mass is 79.9. The van der Waals surface area contributed by atoms with Gasteiger partial charge in [0.25, 0.3) is 0 Å². The SMILES string of the molecule is CCc1nn(C)c(Cn2cnc(C(=O)O)c2)c1Br. The average Bonchev–Trinajstić information content (AvgIpc) is 2.89. The van der Waals surface area contributed by atoms with Crippen LogP contribution in [-0.2, 0) is 20.0 Å². The molecule has 2 aromatic rings. The number of halogens is 1. The number of carboxylic acids is 1. The second-order valence-corrected chi connectivity index (χ2v) is 4.71. The minimum Gasteiger partial charge on any atom is -0.476 e. The summed E-state index contributed by atoms with van der Waals surface area (Å²) in [6, 6.07) is 0. The smallest absolute Gasteiger partial charge is 0.356 e. The Balaban J connectivity index is 2.28. The molecule has 96 valence electrons. The van der Waals surface area contributed by atoms with Gasteiger partial charge >= 0.3 is 5.97 Å². The predicted molar refractivity (Wildman–Crippen MR) is 68.6 cm³/mol. The van der Waals surface area contributed by atoms with Crippen LogP contribution in [0.15, 0.2) is 17.0 Å². The van der Waals surface area contributed by atoms with Gasteiger partial charge in [-0.25, -0.2) is 9.78 Å². The van der Waals surface area contributed by atoms with E-state index in [-0.39, 0.29) is 5.69 Å². The highest BCUT2D eigenvalue weighted by molar-refractivity contribution is 9.10. The molecule has 0 aliphatic rings. The van der Waals surface area contributed by atoms with E-state index in [9.17, 15) is 4.79 Å². The van der Waals surface area contributed by atoms with Crippen LogP contribution < -0.4 is 0 Å². The molecule has 1 N–H and O–H groups in total. The van der Waals surface area contributed by atoms with Crippen LogP contribution in [0.3, 0.4) is 0 Å². The number of hydrogen-bond donors (Lipinski definition) is 1. The molecule has 7 heteroatoms. The summed E-state index contributed by atoms with van der Waals surface area (Å²) in [6.07, 6.45) is 3.86. The third-order valence-electron chi connectivity index (χ3n) is 2.69. The number of rotatable bonds is 4. The highest BCUT2D eigenvalue weighted by Crippen LogP contribution is 2.22. The molecule has 0 amide bonds. The summed E-state index contributed by atoms with van der Waals surface area (Å²) in [6.45, 7) is 2.57. The summed E-state index contributed by atoms with van der Waals surface area (Å²) in [5.74, 6) is -1.02. The molecule has 2 rings (SSSR count). The van der Waals surface area contributed by atoms with E-state index < -0.39 is 5.97 Å². The van der Waals surface area contributed by atoms with Gasteiger partial charge < -0.3 is 9.67 Å². The predicted octanol–water partition coefficient (Wildman–Crippen LogP) is 1.69. The number of carbonyl (C=O) groups is 1. The van der Waals surface area contributed by atoms with Gasteiger partial charge in [-0.1, -0.05) is 6.92 Å². The van der Waals surface area contributed by atoms with Crippen molar-refractivity contribution in [2.24, 2.45) is 7.05 Å². The maximum absolute atomic E-state index is 10.7. The molecule has 0 fully saturated rings. The fraction of sp³-hybridized carbons (Fsp3) is 0.364. The standard InChI is InChI=1S/C11H13BrN4O2/c1-3-7-10(12)9(15(2)14-7)5-16-4-8(11(17)18)13-6-16/h4,6H,3,5H2,1-2H3,(H,17,18). The molecule has 0 bridgehead atoms. The van der Waals surface area contributed by atoms with Crippen molar-refractivity contribution in [2.45, 2.75) is 19.9 Å². The van der Waals surface area contributed by atoms with Crippen LogP contribution in [0.25, 0.3) is 0 Å². The molecule has 0 spiro atoms. The third-order valence-corrected chi connectivity index (χ3v) is 3.60. The lowest BCUT2D eigenvalue weighted by atomic mass is 10.3. The lowest BCUT2D eigenvalue weighted by Crippen LogP contribution is -2.04. The van der Waals surface area contributed by atoms with Crippen LogP contribution in [-0.4, -0.2) is 30.4 Å². The van der Waals surface area contributed by atoms with Gasteiger partial charge in [0.1, 0.15) is 0 Å². The van der Waals surface area contributed by atoms with Crippen LogP contribution in [0.1, 0.15) is 28.8 Å². The number of nitrogens with zero attached hydrogens (tertiary/aromatic N) is 4. The molecule has 0 unspecified atom stereocenters. The number of aromatic carboxylic acids is 1. The van der Waals surface area contributed by atoms with Crippen molar-refractivity contribution in [3.63, 3.8) is 0 Å². The van der Waals surface area contributed by atoms with Gasteiger partial charge in [0.2, 0.25) is 0 Å². The topological polar surface area (TPSA) is 72.9 Å². The summed E-state index contributed by atoms with van der Waals surface area (Å²) in [7, 11) is 1.87. The Hall–Kier alpha value is -1.63. The first-order valence-corrected chi connectivity index (χ1v) is 6.27. The molecular formula is C11H13BrN4O2. The van der Waals surface area contributed by atoms with E-state index >= 15 is 0 Å².